The maximum atomic E-state index is 11.8. The van der Waals surface area contributed by atoms with E-state index in [0.717, 1.165) is 12.8 Å². The summed E-state index contributed by atoms with van der Waals surface area (Å²) < 4.78 is 60.6. The zero-order valence-corrected chi connectivity index (χ0v) is 11.0. The lowest BCUT2D eigenvalue weighted by molar-refractivity contribution is -0.134. The van der Waals surface area contributed by atoms with Gasteiger partial charge in [-0.05, 0) is 12.3 Å². The molecule has 1 N–H and O–H groups in total. The second-order valence-electron chi connectivity index (χ2n) is 4.07. The van der Waals surface area contributed by atoms with Crippen molar-refractivity contribution in [1.29, 1.82) is 0 Å². The highest BCUT2D eigenvalue weighted by molar-refractivity contribution is 7.89. The topological polar surface area (TPSA) is 46.2 Å². The predicted molar refractivity (Wildman–Crippen MR) is 61.2 cm³/mol. The molecule has 0 aromatic rings. The van der Waals surface area contributed by atoms with Gasteiger partial charge in [-0.25, -0.2) is 13.1 Å². The van der Waals surface area contributed by atoms with Crippen LogP contribution in [0.1, 0.15) is 39.5 Å². The molecule has 0 unspecified atom stereocenters. The van der Waals surface area contributed by atoms with Gasteiger partial charge in [-0.3, -0.25) is 0 Å². The Morgan fingerprint density at radius 3 is 2.12 bits per heavy atom. The zero-order valence-electron chi connectivity index (χ0n) is 10.2. The van der Waals surface area contributed by atoms with E-state index in [9.17, 15) is 21.6 Å². The third kappa shape index (κ3) is 9.41. The molecule has 0 aliphatic heterocycles. The van der Waals surface area contributed by atoms with Gasteiger partial charge in [-0.15, -0.1) is 0 Å². The first-order valence-electron chi connectivity index (χ1n) is 5.74. The Kier molecular flexibility index (Phi) is 7.08. The fraction of sp³-hybridized carbons (Fsp3) is 1.00. The molecule has 0 aliphatic carbocycles. The SMILES string of the molecule is CCC(CC)CNS(=O)(=O)CCCC(F)(F)F. The molecular weight excluding hydrogens is 255 g/mol. The molecule has 0 atom stereocenters. The Morgan fingerprint density at radius 1 is 1.18 bits per heavy atom. The monoisotopic (exact) mass is 275 g/mol. The Bertz CT molecular complexity index is 297. The Balaban J connectivity index is 3.96. The van der Waals surface area contributed by atoms with E-state index < -0.39 is 28.4 Å². The van der Waals surface area contributed by atoms with Crippen LogP contribution in [0.25, 0.3) is 0 Å². The van der Waals surface area contributed by atoms with Crippen LogP contribution in [0.5, 0.6) is 0 Å². The molecule has 0 amide bonds. The summed E-state index contributed by atoms with van der Waals surface area (Å²) >= 11 is 0. The van der Waals surface area contributed by atoms with Crippen LogP contribution in [0.4, 0.5) is 13.2 Å². The van der Waals surface area contributed by atoms with Crippen molar-refractivity contribution in [1.82, 2.24) is 4.72 Å². The summed E-state index contributed by atoms with van der Waals surface area (Å²) in [5, 5.41) is 0. The van der Waals surface area contributed by atoms with Gasteiger partial charge in [0.05, 0.1) is 5.75 Å². The van der Waals surface area contributed by atoms with Gasteiger partial charge in [0, 0.05) is 13.0 Å². The maximum Gasteiger partial charge on any atom is 0.389 e. The third-order valence-electron chi connectivity index (χ3n) is 2.62. The first kappa shape index (κ1) is 16.7. The van der Waals surface area contributed by atoms with Crippen LogP contribution in [0, 0.1) is 5.92 Å². The molecule has 0 aliphatic rings. The fourth-order valence-electron chi connectivity index (χ4n) is 1.36. The number of halogens is 3. The summed E-state index contributed by atoms with van der Waals surface area (Å²) in [7, 11) is -3.57. The summed E-state index contributed by atoms with van der Waals surface area (Å²) in [5.41, 5.74) is 0. The molecular formula is C10H20F3NO2S. The lowest BCUT2D eigenvalue weighted by Crippen LogP contribution is -2.31. The molecule has 0 saturated heterocycles. The third-order valence-corrected chi connectivity index (χ3v) is 4.05. The molecule has 0 heterocycles. The summed E-state index contributed by atoms with van der Waals surface area (Å²) in [4.78, 5) is 0. The maximum absolute atomic E-state index is 11.8. The molecule has 0 spiro atoms. The van der Waals surface area contributed by atoms with Gasteiger partial charge >= 0.3 is 6.18 Å². The first-order chi connectivity index (χ1) is 7.70. The number of rotatable bonds is 8. The summed E-state index contributed by atoms with van der Waals surface area (Å²) in [6.07, 6.45) is -4.03. The van der Waals surface area contributed by atoms with Crippen molar-refractivity contribution < 1.29 is 21.6 Å². The van der Waals surface area contributed by atoms with Crippen molar-refractivity contribution in [2.24, 2.45) is 5.92 Å². The number of sulfonamides is 1. The number of hydrogen-bond acceptors (Lipinski definition) is 2. The standard InChI is InChI=1S/C10H20F3NO2S/c1-3-9(4-2)8-14-17(15,16)7-5-6-10(11,12)13/h9,14H,3-8H2,1-2H3. The van der Waals surface area contributed by atoms with E-state index in [-0.39, 0.29) is 12.3 Å². The Hall–Kier alpha value is -0.300. The van der Waals surface area contributed by atoms with Gasteiger partial charge in [0.2, 0.25) is 10.0 Å². The number of hydrogen-bond donors (Lipinski definition) is 1. The van der Waals surface area contributed by atoms with Crippen LogP contribution >= 0.6 is 0 Å². The molecule has 0 aromatic carbocycles. The van der Waals surface area contributed by atoms with E-state index >= 15 is 0 Å². The minimum Gasteiger partial charge on any atom is -0.215 e. The van der Waals surface area contributed by atoms with Gasteiger partial charge in [-0.2, -0.15) is 13.2 Å². The molecule has 0 rings (SSSR count). The molecule has 104 valence electrons. The lowest BCUT2D eigenvalue weighted by Gasteiger charge is -2.13. The Morgan fingerprint density at radius 2 is 1.71 bits per heavy atom. The highest BCUT2D eigenvalue weighted by atomic mass is 32.2. The average molecular weight is 275 g/mol. The van der Waals surface area contributed by atoms with Gasteiger partial charge in [0.25, 0.3) is 0 Å². The summed E-state index contributed by atoms with van der Waals surface area (Å²) in [5.74, 6) is -0.223. The fourth-order valence-corrected chi connectivity index (χ4v) is 2.52. The van der Waals surface area contributed by atoms with Crippen LogP contribution in [-0.2, 0) is 10.0 Å². The molecule has 3 nitrogen and oxygen atoms in total. The van der Waals surface area contributed by atoms with Gasteiger partial charge < -0.3 is 0 Å². The first-order valence-corrected chi connectivity index (χ1v) is 7.39. The summed E-state index contributed by atoms with van der Waals surface area (Å²) in [6.45, 7) is 4.21. The van der Waals surface area contributed by atoms with Crippen LogP contribution in [0.15, 0.2) is 0 Å². The number of nitrogens with one attached hydrogen (secondary N) is 1. The smallest absolute Gasteiger partial charge is 0.215 e. The highest BCUT2D eigenvalue weighted by Crippen LogP contribution is 2.21. The molecule has 0 fully saturated rings. The number of alkyl halides is 3. The molecule has 7 heteroatoms. The highest BCUT2D eigenvalue weighted by Gasteiger charge is 2.27. The van der Waals surface area contributed by atoms with Crippen molar-refractivity contribution in [2.75, 3.05) is 12.3 Å². The van der Waals surface area contributed by atoms with E-state index in [1.807, 2.05) is 13.8 Å². The molecule has 0 aromatic heterocycles. The largest absolute Gasteiger partial charge is 0.389 e. The molecule has 0 bridgehead atoms. The molecule has 17 heavy (non-hydrogen) atoms. The summed E-state index contributed by atoms with van der Waals surface area (Å²) in [6, 6.07) is 0. The Labute approximate surface area is 101 Å². The quantitative estimate of drug-likeness (QED) is 0.740. The van der Waals surface area contributed by atoms with Gasteiger partial charge in [0.15, 0.2) is 0 Å². The van der Waals surface area contributed by atoms with Crippen molar-refractivity contribution in [3.63, 3.8) is 0 Å². The second kappa shape index (κ2) is 7.20. The van der Waals surface area contributed by atoms with E-state index in [4.69, 9.17) is 0 Å². The van der Waals surface area contributed by atoms with E-state index in [1.165, 1.54) is 0 Å². The van der Waals surface area contributed by atoms with E-state index in [0.29, 0.717) is 6.54 Å². The van der Waals surface area contributed by atoms with Crippen LogP contribution in [-0.4, -0.2) is 26.9 Å². The van der Waals surface area contributed by atoms with Crippen LogP contribution in [0.2, 0.25) is 0 Å². The van der Waals surface area contributed by atoms with Crippen LogP contribution < -0.4 is 4.72 Å². The second-order valence-corrected chi connectivity index (χ2v) is 6.00. The lowest BCUT2D eigenvalue weighted by atomic mass is 10.0. The van der Waals surface area contributed by atoms with Crippen molar-refractivity contribution in [3.8, 4) is 0 Å². The van der Waals surface area contributed by atoms with Crippen molar-refractivity contribution in [3.05, 3.63) is 0 Å². The zero-order chi connectivity index (χ0) is 13.5. The van der Waals surface area contributed by atoms with E-state index in [2.05, 4.69) is 4.72 Å². The van der Waals surface area contributed by atoms with Gasteiger partial charge in [-0.1, -0.05) is 26.7 Å². The molecule has 0 saturated carbocycles. The minimum atomic E-state index is -4.29. The van der Waals surface area contributed by atoms with Crippen LogP contribution in [0.3, 0.4) is 0 Å². The van der Waals surface area contributed by atoms with Crippen molar-refractivity contribution >= 4 is 10.0 Å². The minimum absolute atomic E-state index is 0.243. The van der Waals surface area contributed by atoms with Crippen molar-refractivity contribution in [2.45, 2.75) is 45.7 Å². The predicted octanol–water partition coefficient (Wildman–Crippen LogP) is 2.68. The van der Waals surface area contributed by atoms with Gasteiger partial charge in [0.1, 0.15) is 0 Å². The molecule has 0 radical (unpaired) electrons. The normalized spacial score (nSPS) is 13.3. The van der Waals surface area contributed by atoms with E-state index in [1.54, 1.807) is 0 Å². The average Bonchev–Trinajstić information content (AvgIpc) is 2.16.